The lowest BCUT2D eigenvalue weighted by Gasteiger charge is -2.24. The van der Waals surface area contributed by atoms with E-state index in [4.69, 9.17) is 0 Å². The minimum Gasteiger partial charge on any atom is -0.0911 e. The Balaban J connectivity index is 2.41. The highest BCUT2D eigenvalue weighted by molar-refractivity contribution is 5.18. The summed E-state index contributed by atoms with van der Waals surface area (Å²) in [4.78, 5) is 0. The zero-order chi connectivity index (χ0) is 14.3. The van der Waals surface area contributed by atoms with E-state index in [1.807, 2.05) is 0 Å². The predicted molar refractivity (Wildman–Crippen MR) is 86.5 cm³/mol. The number of allylic oxidation sites excluding steroid dienone is 2. The third-order valence-electron chi connectivity index (χ3n) is 4.02. The summed E-state index contributed by atoms with van der Waals surface area (Å²) in [6, 6.07) is 10.9. The second-order valence-corrected chi connectivity index (χ2v) is 6.68. The number of hydrogen-bond donors (Lipinski definition) is 0. The lowest BCUT2D eigenvalue weighted by atomic mass is 9.82. The molecule has 0 aliphatic heterocycles. The van der Waals surface area contributed by atoms with Gasteiger partial charge in [0.1, 0.15) is 0 Å². The van der Waals surface area contributed by atoms with Gasteiger partial charge in [0.2, 0.25) is 0 Å². The molecule has 19 heavy (non-hydrogen) atoms. The van der Waals surface area contributed by atoms with Gasteiger partial charge in [0.25, 0.3) is 0 Å². The lowest BCUT2D eigenvalue weighted by molar-refractivity contribution is 0.350. The van der Waals surface area contributed by atoms with Gasteiger partial charge >= 0.3 is 0 Å². The highest BCUT2D eigenvalue weighted by atomic mass is 14.2. The van der Waals surface area contributed by atoms with Crippen LogP contribution in [-0.2, 0) is 0 Å². The Labute approximate surface area is 119 Å². The molecule has 106 valence electrons. The highest BCUT2D eigenvalue weighted by Gasteiger charge is 2.16. The van der Waals surface area contributed by atoms with Gasteiger partial charge in [0.05, 0.1) is 0 Å². The van der Waals surface area contributed by atoms with E-state index in [0.717, 1.165) is 5.92 Å². The van der Waals surface area contributed by atoms with Crippen LogP contribution in [0.5, 0.6) is 0 Å². The number of rotatable bonds is 7. The van der Waals surface area contributed by atoms with E-state index in [1.54, 1.807) is 0 Å². The largest absolute Gasteiger partial charge is 0.0911 e. The average molecular weight is 258 g/mol. The molecular formula is C19H30. The van der Waals surface area contributed by atoms with Crippen molar-refractivity contribution < 1.29 is 0 Å². The molecule has 1 rings (SSSR count). The van der Waals surface area contributed by atoms with Crippen LogP contribution in [0.1, 0.15) is 65.4 Å². The quantitative estimate of drug-likeness (QED) is 0.511. The topological polar surface area (TPSA) is 0 Å². The molecule has 0 aliphatic rings. The van der Waals surface area contributed by atoms with Crippen LogP contribution in [0.15, 0.2) is 42.5 Å². The van der Waals surface area contributed by atoms with E-state index in [1.165, 1.54) is 24.8 Å². The van der Waals surface area contributed by atoms with E-state index >= 15 is 0 Å². The fourth-order valence-corrected chi connectivity index (χ4v) is 2.79. The summed E-state index contributed by atoms with van der Waals surface area (Å²) in [6.45, 7) is 11.5. The van der Waals surface area contributed by atoms with Crippen LogP contribution in [0.2, 0.25) is 0 Å². The normalized spacial score (nSPS) is 15.6. The van der Waals surface area contributed by atoms with Gasteiger partial charge in [-0.15, -0.1) is 0 Å². The molecule has 0 amide bonds. The SMILES string of the molecule is CC=CC(C)(C)CCC(C)CC(C)c1ccccc1. The number of benzene rings is 1. The summed E-state index contributed by atoms with van der Waals surface area (Å²) in [5, 5.41) is 0. The van der Waals surface area contributed by atoms with E-state index in [-0.39, 0.29) is 0 Å². The van der Waals surface area contributed by atoms with Gasteiger partial charge < -0.3 is 0 Å². The van der Waals surface area contributed by atoms with Crippen LogP contribution >= 0.6 is 0 Å². The summed E-state index contributed by atoms with van der Waals surface area (Å²) >= 11 is 0. The van der Waals surface area contributed by atoms with E-state index in [0.29, 0.717) is 11.3 Å². The van der Waals surface area contributed by atoms with Crippen molar-refractivity contribution in [1.29, 1.82) is 0 Å². The van der Waals surface area contributed by atoms with Crippen LogP contribution in [-0.4, -0.2) is 0 Å². The van der Waals surface area contributed by atoms with Crippen LogP contribution in [0.3, 0.4) is 0 Å². The Hall–Kier alpha value is -1.04. The van der Waals surface area contributed by atoms with E-state index in [9.17, 15) is 0 Å². The van der Waals surface area contributed by atoms with Gasteiger partial charge in [0, 0.05) is 0 Å². The maximum Gasteiger partial charge on any atom is -0.0175 e. The van der Waals surface area contributed by atoms with Crippen LogP contribution < -0.4 is 0 Å². The lowest BCUT2D eigenvalue weighted by Crippen LogP contribution is -2.11. The molecule has 1 aromatic carbocycles. The van der Waals surface area contributed by atoms with Crippen molar-refractivity contribution in [1.82, 2.24) is 0 Å². The van der Waals surface area contributed by atoms with Gasteiger partial charge in [-0.2, -0.15) is 0 Å². The van der Waals surface area contributed by atoms with Gasteiger partial charge in [-0.3, -0.25) is 0 Å². The average Bonchev–Trinajstić information content (AvgIpc) is 2.37. The van der Waals surface area contributed by atoms with Crippen molar-refractivity contribution in [2.45, 2.75) is 59.8 Å². The Morgan fingerprint density at radius 3 is 2.32 bits per heavy atom. The van der Waals surface area contributed by atoms with Gasteiger partial charge in [-0.1, -0.05) is 70.2 Å². The van der Waals surface area contributed by atoms with Crippen LogP contribution in [0.4, 0.5) is 0 Å². The Kier molecular flexibility index (Phi) is 6.34. The van der Waals surface area contributed by atoms with E-state index < -0.39 is 0 Å². The first-order valence-electron chi connectivity index (χ1n) is 7.63. The van der Waals surface area contributed by atoms with Crippen LogP contribution in [0.25, 0.3) is 0 Å². The van der Waals surface area contributed by atoms with Gasteiger partial charge in [-0.05, 0) is 49.0 Å². The molecule has 0 spiro atoms. The van der Waals surface area contributed by atoms with Gasteiger partial charge in [0.15, 0.2) is 0 Å². The zero-order valence-corrected chi connectivity index (χ0v) is 13.3. The molecule has 0 nitrogen and oxygen atoms in total. The standard InChI is InChI=1S/C19H30/c1-6-13-19(4,5)14-12-16(2)15-17(3)18-10-8-7-9-11-18/h6-11,13,16-17H,12,14-15H2,1-5H3. The van der Waals surface area contributed by atoms with E-state index in [2.05, 4.69) is 77.1 Å². The highest BCUT2D eigenvalue weighted by Crippen LogP contribution is 2.30. The van der Waals surface area contributed by atoms with Crippen molar-refractivity contribution in [2.24, 2.45) is 11.3 Å². The molecule has 0 fully saturated rings. The first-order valence-corrected chi connectivity index (χ1v) is 7.63. The summed E-state index contributed by atoms with van der Waals surface area (Å²) in [5.74, 6) is 1.46. The first kappa shape index (κ1) is 16.0. The maximum atomic E-state index is 2.39. The molecule has 2 unspecified atom stereocenters. The molecule has 0 saturated heterocycles. The molecule has 0 aromatic heterocycles. The molecule has 0 heterocycles. The monoisotopic (exact) mass is 258 g/mol. The summed E-state index contributed by atoms with van der Waals surface area (Å²) in [5.41, 5.74) is 1.82. The Bertz CT molecular complexity index is 372. The van der Waals surface area contributed by atoms with Crippen molar-refractivity contribution in [3.05, 3.63) is 48.0 Å². The molecule has 1 aromatic rings. The Morgan fingerprint density at radius 2 is 1.74 bits per heavy atom. The fourth-order valence-electron chi connectivity index (χ4n) is 2.79. The molecule has 0 radical (unpaired) electrons. The fraction of sp³-hybridized carbons (Fsp3) is 0.579. The smallest absolute Gasteiger partial charge is 0.0175 e. The van der Waals surface area contributed by atoms with Crippen molar-refractivity contribution >= 4 is 0 Å². The van der Waals surface area contributed by atoms with Crippen LogP contribution in [0, 0.1) is 11.3 Å². The second-order valence-electron chi connectivity index (χ2n) is 6.68. The molecule has 0 saturated carbocycles. The zero-order valence-electron chi connectivity index (χ0n) is 13.3. The van der Waals surface area contributed by atoms with Crippen molar-refractivity contribution in [3.63, 3.8) is 0 Å². The molecule has 0 aliphatic carbocycles. The maximum absolute atomic E-state index is 2.39. The van der Waals surface area contributed by atoms with Crippen molar-refractivity contribution in [3.8, 4) is 0 Å². The molecule has 0 bridgehead atoms. The Morgan fingerprint density at radius 1 is 1.11 bits per heavy atom. The predicted octanol–water partition coefficient (Wildman–Crippen LogP) is 6.20. The number of hydrogen-bond acceptors (Lipinski definition) is 0. The minimum absolute atomic E-state index is 0.346. The molecule has 0 heteroatoms. The second kappa shape index (κ2) is 7.53. The molecular weight excluding hydrogens is 228 g/mol. The summed E-state index contributed by atoms with van der Waals surface area (Å²) in [7, 11) is 0. The third kappa shape index (κ3) is 6.09. The molecule has 0 N–H and O–H groups in total. The summed E-state index contributed by atoms with van der Waals surface area (Å²) in [6.07, 6.45) is 8.39. The first-order chi connectivity index (χ1) is 8.94. The summed E-state index contributed by atoms with van der Waals surface area (Å²) < 4.78 is 0. The molecule has 2 atom stereocenters. The minimum atomic E-state index is 0.346. The van der Waals surface area contributed by atoms with Gasteiger partial charge in [-0.25, -0.2) is 0 Å². The van der Waals surface area contributed by atoms with Crippen molar-refractivity contribution in [2.75, 3.05) is 0 Å². The third-order valence-corrected chi connectivity index (χ3v) is 4.02.